The first-order valence-electron chi connectivity index (χ1n) is 25.9. The van der Waals surface area contributed by atoms with Crippen LogP contribution in [0.25, 0.3) is 0 Å². The molecule has 0 aromatic rings. The van der Waals surface area contributed by atoms with Crippen LogP contribution < -0.4 is 79.5 Å². The summed E-state index contributed by atoms with van der Waals surface area (Å²) in [4.78, 5) is 44.6. The molecule has 0 aliphatic carbocycles. The number of nitrogens with one attached hydrogen (secondary N) is 1. The summed E-state index contributed by atoms with van der Waals surface area (Å²) in [6.07, 6.45) is -22.7. The van der Waals surface area contributed by atoms with E-state index in [1.54, 1.807) is 69.2 Å². The molecule has 0 spiro atoms. The minimum atomic E-state index is -3.10. The maximum Gasteiger partial charge on any atom is 1.00 e. The normalized spacial score (nSPS) is 36.4. The smallest absolute Gasteiger partial charge is 0.799 e. The molecule has 4 heterocycles. The van der Waals surface area contributed by atoms with Crippen molar-refractivity contribution in [3.63, 3.8) is 0 Å². The summed E-state index contributed by atoms with van der Waals surface area (Å²) in [6.45, 7) is 29.7. The fraction of sp³-hybridized carbons (Fsp3) is 0.941. The van der Waals surface area contributed by atoms with E-state index in [-0.39, 0.29) is 96.0 Å². The maximum atomic E-state index is 11.8. The first-order valence-corrected chi connectivity index (χ1v) is 27.9. The number of hydrogen-bond donors (Lipinski definition) is 15. The molecule has 4 fully saturated rings. The van der Waals surface area contributed by atoms with Gasteiger partial charge in [-0.2, -0.15) is 0 Å². The Morgan fingerprint density at radius 2 is 0.938 bits per heavy atom. The SMILES string of the molecule is CC(C)(C)C1OC(C(=O)[O-])C(O)C(O)C1O.CC(C)(C)C1OC(CO)C(O)C(O)C1O.CC(C)(C)C1OC(CO)C(O)C(O)C1O.CC(C)(C)P(C)(=O)[O-].CCC(O)C(O)C1OC(C(=O)[O-])(C(C)(C)C)CC(O)C1NC(C)=O.[Na+].[Na+]. The van der Waals surface area contributed by atoms with Gasteiger partial charge in [0.25, 0.3) is 0 Å². The van der Waals surface area contributed by atoms with Crippen LogP contribution in [0.15, 0.2) is 0 Å². The molecule has 0 aromatic heterocycles. The minimum Gasteiger partial charge on any atom is -0.799 e. The molecule has 22 unspecified atom stereocenters. The van der Waals surface area contributed by atoms with Crippen LogP contribution in [0.3, 0.4) is 0 Å². The second-order valence-corrected chi connectivity index (χ2v) is 28.8. The van der Waals surface area contributed by atoms with Crippen molar-refractivity contribution < 1.29 is 184 Å². The second-order valence-electron chi connectivity index (χ2n) is 25.8. The zero-order valence-corrected chi connectivity index (χ0v) is 55.5. The van der Waals surface area contributed by atoms with E-state index >= 15 is 0 Å². The van der Waals surface area contributed by atoms with Crippen LogP contribution in [0.1, 0.15) is 131 Å². The molecule has 4 saturated heterocycles. The number of aliphatic hydroxyl groups is 14. The van der Waals surface area contributed by atoms with Crippen LogP contribution >= 0.6 is 7.37 Å². The van der Waals surface area contributed by atoms with E-state index in [0.29, 0.717) is 0 Å². The fourth-order valence-electron chi connectivity index (χ4n) is 8.50. The summed E-state index contributed by atoms with van der Waals surface area (Å²) < 4.78 is 32.3. The van der Waals surface area contributed by atoms with Gasteiger partial charge in [0.15, 0.2) is 0 Å². The summed E-state index contributed by atoms with van der Waals surface area (Å²) in [5.74, 6) is -3.59. The van der Waals surface area contributed by atoms with Gasteiger partial charge in [0.05, 0.1) is 61.7 Å². The number of carboxylic acids is 2. The first kappa shape index (κ1) is 84.1. The van der Waals surface area contributed by atoms with Crippen molar-refractivity contribution >= 4 is 25.2 Å². The first-order chi connectivity index (χ1) is 34.8. The molecule has 4 aliphatic heterocycles. The van der Waals surface area contributed by atoms with E-state index in [9.17, 15) is 95.3 Å². The molecule has 0 bridgehead atoms. The molecule has 26 nitrogen and oxygen atoms in total. The van der Waals surface area contributed by atoms with Crippen molar-refractivity contribution in [1.82, 2.24) is 5.32 Å². The van der Waals surface area contributed by atoms with Gasteiger partial charge in [-0.25, -0.2) is 0 Å². The van der Waals surface area contributed by atoms with Gasteiger partial charge >= 0.3 is 59.1 Å². The van der Waals surface area contributed by atoms with E-state index in [2.05, 4.69) is 5.32 Å². The zero-order chi connectivity index (χ0) is 62.1. The Balaban J connectivity index is -0.000000953. The number of ether oxygens (including phenoxy) is 4. The molecule has 464 valence electrons. The third kappa shape index (κ3) is 22.9. The second kappa shape index (κ2) is 33.3. The number of rotatable bonds is 8. The van der Waals surface area contributed by atoms with Crippen LogP contribution in [0.4, 0.5) is 0 Å². The monoisotopic (exact) mass is 1200 g/mol. The number of hydrogen-bond acceptors (Lipinski definition) is 25. The molecule has 0 aromatic carbocycles. The summed E-state index contributed by atoms with van der Waals surface area (Å²) in [7, 11) is -3.10. The van der Waals surface area contributed by atoms with Gasteiger partial charge in [0.1, 0.15) is 91.1 Å². The van der Waals surface area contributed by atoms with Crippen molar-refractivity contribution in [3.05, 3.63) is 0 Å². The van der Waals surface area contributed by atoms with Gasteiger partial charge in [0, 0.05) is 25.9 Å². The molecule has 0 saturated carbocycles. The van der Waals surface area contributed by atoms with E-state index in [4.69, 9.17) is 29.2 Å². The van der Waals surface area contributed by atoms with Gasteiger partial charge in [0.2, 0.25) is 5.91 Å². The maximum absolute atomic E-state index is 11.8. The predicted molar refractivity (Wildman–Crippen MR) is 273 cm³/mol. The predicted octanol–water partition coefficient (Wildman–Crippen LogP) is -11.2. The number of carbonyl (C=O) groups is 3. The Bertz CT molecular complexity index is 1850. The van der Waals surface area contributed by atoms with Crippen molar-refractivity contribution in [1.29, 1.82) is 0 Å². The Kier molecular flexibility index (Phi) is 35.0. The average Bonchev–Trinajstić information content (AvgIpc) is 3.27. The fourth-order valence-corrected chi connectivity index (χ4v) is 8.50. The standard InChI is InChI=1S/C16H29NO7.C10H18O6.2C10H20O5.C5H13O2P.2Na/c1-6-9(19)12(21)13-11(17-8(2)18)10(20)7-16(24-13,14(22)23)15(3,4)5;1-10(2,3)8-6(13)4(11)5(12)7(16-8)9(14)15;2*1-10(2,3)9-8(14)7(13)6(12)5(4-11)15-9;1-5(2,3)8(4,6)7;;/h9-13,19-21H,6-7H2,1-5H3,(H,17,18)(H,22,23);4-8,11-13H,1-3H3,(H,14,15);2*5-9,11-14H,4H2,1-3H3;1-4H3,(H,6,7);;/q;;;;;2*+1/p-3. The summed E-state index contributed by atoms with van der Waals surface area (Å²) in [5, 5.41) is 159. The van der Waals surface area contributed by atoms with Crippen LogP contribution in [0.2, 0.25) is 0 Å². The Morgan fingerprint density at radius 1 is 0.613 bits per heavy atom. The largest absolute Gasteiger partial charge is 1.00 e. The molecular formula is C51H97NNa2O25P-. The molecule has 22 atom stereocenters. The van der Waals surface area contributed by atoms with E-state index in [1.807, 2.05) is 41.5 Å². The number of amides is 1. The van der Waals surface area contributed by atoms with Gasteiger partial charge in [-0.3, -0.25) is 4.79 Å². The summed E-state index contributed by atoms with van der Waals surface area (Å²) >= 11 is 0. The number of aliphatic hydroxyl groups excluding tert-OH is 14. The summed E-state index contributed by atoms with van der Waals surface area (Å²) in [6, 6.07) is -1.05. The van der Waals surface area contributed by atoms with Gasteiger partial charge in [-0.05, 0) is 34.7 Å². The molecule has 80 heavy (non-hydrogen) atoms. The van der Waals surface area contributed by atoms with Crippen molar-refractivity contribution in [2.24, 2.45) is 21.7 Å². The van der Waals surface area contributed by atoms with Crippen LogP contribution in [0, 0.1) is 21.7 Å². The third-order valence-corrected chi connectivity index (χ3v) is 16.5. The number of carbonyl (C=O) groups excluding carboxylic acids is 3. The quantitative estimate of drug-likeness (QED) is 0.0793. The zero-order valence-electron chi connectivity index (χ0n) is 50.6. The molecule has 15 N–H and O–H groups in total. The van der Waals surface area contributed by atoms with Gasteiger partial charge < -0.3 is 125 Å². The number of carboxylic acid groups (broad SMARTS) is 2. The van der Waals surface area contributed by atoms with Crippen molar-refractivity contribution in [2.45, 2.75) is 263 Å². The van der Waals surface area contributed by atoms with Crippen LogP contribution in [-0.4, -0.2) is 242 Å². The topological polar surface area (TPSA) is 470 Å². The van der Waals surface area contributed by atoms with Crippen molar-refractivity contribution in [2.75, 3.05) is 19.9 Å². The molecule has 1 amide bonds. The van der Waals surface area contributed by atoms with Crippen LogP contribution in [0.5, 0.6) is 0 Å². The average molecular weight is 1200 g/mol. The van der Waals surface area contributed by atoms with E-state index in [1.165, 1.54) is 13.6 Å². The Morgan fingerprint density at radius 3 is 1.19 bits per heavy atom. The van der Waals surface area contributed by atoms with Crippen LogP contribution in [-0.2, 0) is 37.9 Å². The van der Waals surface area contributed by atoms with Gasteiger partial charge in [-0.15, -0.1) is 0 Å². The van der Waals surface area contributed by atoms with Gasteiger partial charge in [-0.1, -0.05) is 111 Å². The molecular weight excluding hydrogens is 1100 g/mol. The number of aliphatic carboxylic acids is 2. The molecule has 4 aliphatic rings. The van der Waals surface area contributed by atoms with E-state index in [0.717, 1.165) is 0 Å². The minimum absolute atomic E-state index is 0. The molecule has 0 radical (unpaired) electrons. The van der Waals surface area contributed by atoms with E-state index < -0.39 is 169 Å². The Hall–Kier alpha value is -0.120. The van der Waals surface area contributed by atoms with Crippen molar-refractivity contribution in [3.8, 4) is 0 Å². The molecule has 29 heteroatoms. The summed E-state index contributed by atoms with van der Waals surface area (Å²) in [5.41, 5.74) is -4.13. The molecule has 4 rings (SSSR count). The Labute approximate surface area is 515 Å². The third-order valence-electron chi connectivity index (χ3n) is 14.1.